The highest BCUT2D eigenvalue weighted by Gasteiger charge is 2.20. The number of carbonyl (C=O) groups is 1. The monoisotopic (exact) mass is 360 g/mol. The van der Waals surface area contributed by atoms with Crippen LogP contribution in [-0.4, -0.2) is 33.4 Å². The van der Waals surface area contributed by atoms with Crippen LogP contribution in [0.3, 0.4) is 0 Å². The van der Waals surface area contributed by atoms with Gasteiger partial charge in [0.15, 0.2) is 11.5 Å². The molecule has 1 aliphatic carbocycles. The van der Waals surface area contributed by atoms with E-state index in [0.29, 0.717) is 11.5 Å². The number of hydrogen-bond donors (Lipinski definition) is 1. The van der Waals surface area contributed by atoms with Crippen molar-refractivity contribution in [2.45, 2.75) is 51.3 Å². The molecule has 0 aliphatic heterocycles. The van der Waals surface area contributed by atoms with E-state index in [4.69, 9.17) is 14.6 Å². The molecule has 140 valence electrons. The molecule has 1 aromatic heterocycles. The van der Waals surface area contributed by atoms with Crippen molar-refractivity contribution in [1.82, 2.24) is 9.13 Å². The van der Waals surface area contributed by atoms with Gasteiger partial charge in [-0.25, -0.2) is 4.79 Å². The standard InChI is InChI=1S/C19H24N2O5/c1-13(21-10-9-20(19(21)24)12-18(22)23)14-7-8-16(25-2)17(11-14)26-15-5-3-4-6-15/h7-11,13,15H,3-6,12H2,1-2H3,(H,22,23). The lowest BCUT2D eigenvalue weighted by molar-refractivity contribution is -0.137. The Morgan fingerprint density at radius 2 is 2.00 bits per heavy atom. The fourth-order valence-corrected chi connectivity index (χ4v) is 3.38. The quantitative estimate of drug-likeness (QED) is 0.821. The van der Waals surface area contributed by atoms with Gasteiger partial charge in [-0.2, -0.15) is 0 Å². The van der Waals surface area contributed by atoms with Crippen molar-refractivity contribution in [1.29, 1.82) is 0 Å². The Balaban J connectivity index is 1.87. The van der Waals surface area contributed by atoms with Gasteiger partial charge in [0.25, 0.3) is 0 Å². The fraction of sp³-hybridized carbons (Fsp3) is 0.474. The number of aromatic nitrogens is 2. The fourth-order valence-electron chi connectivity index (χ4n) is 3.38. The van der Waals surface area contributed by atoms with Gasteiger partial charge in [0, 0.05) is 12.4 Å². The molecule has 1 N–H and O–H groups in total. The Morgan fingerprint density at radius 3 is 2.65 bits per heavy atom. The first kappa shape index (κ1) is 18.1. The normalized spacial score (nSPS) is 15.8. The first-order valence-electron chi connectivity index (χ1n) is 8.83. The molecule has 26 heavy (non-hydrogen) atoms. The number of carboxylic acids is 1. The minimum Gasteiger partial charge on any atom is -0.493 e. The predicted molar refractivity (Wildman–Crippen MR) is 96.0 cm³/mol. The van der Waals surface area contributed by atoms with E-state index in [-0.39, 0.29) is 24.4 Å². The van der Waals surface area contributed by atoms with Gasteiger partial charge in [-0.1, -0.05) is 6.07 Å². The van der Waals surface area contributed by atoms with Gasteiger partial charge in [-0.15, -0.1) is 0 Å². The molecule has 2 aromatic rings. The molecule has 0 radical (unpaired) electrons. The highest BCUT2D eigenvalue weighted by molar-refractivity contribution is 5.66. The van der Waals surface area contributed by atoms with Gasteiger partial charge in [-0.05, 0) is 50.3 Å². The van der Waals surface area contributed by atoms with E-state index >= 15 is 0 Å². The van der Waals surface area contributed by atoms with Crippen LogP contribution in [0.4, 0.5) is 0 Å². The van der Waals surface area contributed by atoms with E-state index in [0.717, 1.165) is 18.4 Å². The third-order valence-corrected chi connectivity index (χ3v) is 4.86. The molecule has 0 spiro atoms. The van der Waals surface area contributed by atoms with Crippen molar-refractivity contribution in [2.75, 3.05) is 7.11 Å². The largest absolute Gasteiger partial charge is 0.493 e. The summed E-state index contributed by atoms with van der Waals surface area (Å²) in [6.07, 6.45) is 7.74. The van der Waals surface area contributed by atoms with Crippen LogP contribution in [0.2, 0.25) is 0 Å². The van der Waals surface area contributed by atoms with Gasteiger partial charge in [0.2, 0.25) is 0 Å². The second-order valence-electron chi connectivity index (χ2n) is 6.62. The van der Waals surface area contributed by atoms with E-state index in [2.05, 4.69) is 0 Å². The molecule has 1 heterocycles. The Kier molecular flexibility index (Phi) is 5.35. The molecular weight excluding hydrogens is 336 g/mol. The van der Waals surface area contributed by atoms with Crippen LogP contribution >= 0.6 is 0 Å². The van der Waals surface area contributed by atoms with E-state index in [1.807, 2.05) is 25.1 Å². The summed E-state index contributed by atoms with van der Waals surface area (Å²) in [5.74, 6) is 0.305. The molecule has 1 aromatic carbocycles. The Labute approximate surface area is 151 Å². The molecule has 1 saturated carbocycles. The second kappa shape index (κ2) is 7.68. The Bertz CT molecular complexity index is 833. The summed E-state index contributed by atoms with van der Waals surface area (Å²) in [4.78, 5) is 23.3. The summed E-state index contributed by atoms with van der Waals surface area (Å²) in [5, 5.41) is 8.89. The lowest BCUT2D eigenvalue weighted by Crippen LogP contribution is -2.28. The average Bonchev–Trinajstić information content (AvgIpc) is 3.24. The van der Waals surface area contributed by atoms with Crippen molar-refractivity contribution >= 4 is 5.97 Å². The van der Waals surface area contributed by atoms with Gasteiger partial charge in [0.05, 0.1) is 19.3 Å². The maximum atomic E-state index is 12.4. The number of hydrogen-bond acceptors (Lipinski definition) is 4. The molecule has 3 rings (SSSR count). The SMILES string of the molecule is COc1ccc(C(C)n2ccn(CC(=O)O)c2=O)cc1OC1CCCC1. The van der Waals surface area contributed by atoms with Gasteiger partial charge in [0.1, 0.15) is 6.54 Å². The molecule has 1 unspecified atom stereocenters. The summed E-state index contributed by atoms with van der Waals surface area (Å²) < 4.78 is 14.2. The molecule has 0 amide bonds. The maximum absolute atomic E-state index is 12.4. The van der Waals surface area contributed by atoms with E-state index < -0.39 is 5.97 Å². The van der Waals surface area contributed by atoms with Crippen LogP contribution in [0.5, 0.6) is 11.5 Å². The number of nitrogens with zero attached hydrogens (tertiary/aromatic N) is 2. The number of imidazole rings is 1. The average molecular weight is 360 g/mol. The molecule has 7 heteroatoms. The first-order valence-corrected chi connectivity index (χ1v) is 8.83. The number of benzene rings is 1. The van der Waals surface area contributed by atoms with Gasteiger partial charge >= 0.3 is 11.7 Å². The smallest absolute Gasteiger partial charge is 0.329 e. The zero-order valence-electron chi connectivity index (χ0n) is 15.1. The van der Waals surface area contributed by atoms with Crippen molar-refractivity contribution in [2.24, 2.45) is 0 Å². The molecule has 0 saturated heterocycles. The Morgan fingerprint density at radius 1 is 1.27 bits per heavy atom. The number of ether oxygens (including phenoxy) is 2. The van der Waals surface area contributed by atoms with E-state index in [1.54, 1.807) is 13.3 Å². The van der Waals surface area contributed by atoms with E-state index in [9.17, 15) is 9.59 Å². The molecule has 7 nitrogen and oxygen atoms in total. The van der Waals surface area contributed by atoms with Crippen LogP contribution in [0.15, 0.2) is 35.4 Å². The summed E-state index contributed by atoms with van der Waals surface area (Å²) in [6, 6.07) is 5.39. The van der Waals surface area contributed by atoms with Crippen LogP contribution in [0, 0.1) is 0 Å². The minimum atomic E-state index is -1.05. The zero-order chi connectivity index (χ0) is 18.7. The molecular formula is C19H24N2O5. The number of carboxylic acid groups (broad SMARTS) is 1. The van der Waals surface area contributed by atoms with Crippen LogP contribution < -0.4 is 15.2 Å². The minimum absolute atomic E-state index is 0.203. The summed E-state index contributed by atoms with van der Waals surface area (Å²) in [7, 11) is 1.61. The van der Waals surface area contributed by atoms with Gasteiger partial charge in [-0.3, -0.25) is 13.9 Å². The lowest BCUT2D eigenvalue weighted by atomic mass is 10.1. The summed E-state index contributed by atoms with van der Waals surface area (Å²) in [6.45, 7) is 1.55. The number of rotatable bonds is 7. The molecule has 1 aliphatic rings. The number of aliphatic carboxylic acids is 1. The van der Waals surface area contributed by atoms with Crippen LogP contribution in [0.1, 0.15) is 44.2 Å². The number of methoxy groups -OCH3 is 1. The van der Waals surface area contributed by atoms with Crippen molar-refractivity contribution in [3.63, 3.8) is 0 Å². The van der Waals surface area contributed by atoms with Crippen molar-refractivity contribution < 1.29 is 19.4 Å². The third-order valence-electron chi connectivity index (χ3n) is 4.86. The van der Waals surface area contributed by atoms with Gasteiger partial charge < -0.3 is 14.6 Å². The zero-order valence-corrected chi connectivity index (χ0v) is 15.1. The molecule has 1 atom stereocenters. The maximum Gasteiger partial charge on any atom is 0.329 e. The Hall–Kier alpha value is -2.70. The van der Waals surface area contributed by atoms with Crippen LogP contribution in [-0.2, 0) is 11.3 Å². The third kappa shape index (κ3) is 3.76. The first-order chi connectivity index (χ1) is 12.5. The summed E-state index contributed by atoms with van der Waals surface area (Å²) >= 11 is 0. The molecule has 0 bridgehead atoms. The van der Waals surface area contributed by atoms with E-state index in [1.165, 1.54) is 28.2 Å². The molecule has 1 fully saturated rings. The lowest BCUT2D eigenvalue weighted by Gasteiger charge is -2.19. The van der Waals surface area contributed by atoms with Crippen LogP contribution in [0.25, 0.3) is 0 Å². The second-order valence-corrected chi connectivity index (χ2v) is 6.62. The summed E-state index contributed by atoms with van der Waals surface area (Å²) in [5.41, 5.74) is 0.544. The van der Waals surface area contributed by atoms with Crippen molar-refractivity contribution in [3.8, 4) is 11.5 Å². The highest BCUT2D eigenvalue weighted by atomic mass is 16.5. The predicted octanol–water partition coefficient (Wildman–Crippen LogP) is 2.67. The highest BCUT2D eigenvalue weighted by Crippen LogP contribution is 2.34. The van der Waals surface area contributed by atoms with Crippen molar-refractivity contribution in [3.05, 3.63) is 46.6 Å². The topological polar surface area (TPSA) is 82.7 Å².